The molecule has 0 amide bonds. The monoisotopic (exact) mass is 491 g/mol. The molecule has 6 nitrogen and oxygen atoms in total. The molecule has 4 rings (SSSR count). The number of halogens is 1. The van der Waals surface area contributed by atoms with E-state index < -0.39 is 12.1 Å². The Morgan fingerprint density at radius 3 is 2.89 bits per heavy atom. The topological polar surface area (TPSA) is 67.6 Å². The molecule has 3 heterocycles. The second-order valence-corrected chi connectivity index (χ2v) is 9.61. The Kier molecular flexibility index (Phi) is 8.61. The van der Waals surface area contributed by atoms with Crippen molar-refractivity contribution < 1.29 is 19.0 Å². The second-order valence-electron chi connectivity index (χ2n) is 9.61. The number of nitrogens with zero attached hydrogens (tertiary/aromatic N) is 3. The van der Waals surface area contributed by atoms with E-state index in [9.17, 15) is 9.90 Å². The van der Waals surface area contributed by atoms with Crippen LogP contribution in [0, 0.1) is 23.7 Å². The van der Waals surface area contributed by atoms with Gasteiger partial charge in [0.15, 0.2) is 0 Å². The number of methoxy groups -OCH3 is 1. The number of pyridine rings is 1. The highest BCUT2D eigenvalue weighted by Crippen LogP contribution is 2.36. The number of hydrogen-bond donors (Lipinski definition) is 1. The van der Waals surface area contributed by atoms with Crippen LogP contribution in [0.5, 0.6) is 5.75 Å². The Morgan fingerprint density at radius 1 is 1.28 bits per heavy atom. The average molecular weight is 492 g/mol. The summed E-state index contributed by atoms with van der Waals surface area (Å²) in [5.74, 6) is 6.88. The van der Waals surface area contributed by atoms with Crippen LogP contribution in [0.1, 0.15) is 49.5 Å². The van der Waals surface area contributed by atoms with E-state index in [-0.39, 0.29) is 12.3 Å². The van der Waals surface area contributed by atoms with Crippen molar-refractivity contribution in [1.29, 1.82) is 0 Å². The fraction of sp³-hybridized carbons (Fsp3) is 0.448. The average Bonchev–Trinajstić information content (AvgIpc) is 3.30. The van der Waals surface area contributed by atoms with Crippen LogP contribution in [-0.2, 0) is 11.8 Å². The molecule has 0 bridgehead atoms. The molecule has 0 radical (unpaired) electrons. The number of ether oxygens (including phenoxy) is 1. The van der Waals surface area contributed by atoms with Gasteiger partial charge in [0.25, 0.3) is 0 Å². The standard InChI is InChI=1S/C29H34FN3O3/c1-32-16-3-5-23(32)6-4-17-33-18-14-21(22(20-33)8-12-29(34)35)7-10-27(30)25-13-15-31-28-11-9-24(36-2)19-26(25)28/h3,5,9,11,13,15-16,19,21-22,27H,7-8,10,12,14,17-18,20H2,1-2H3,(H,34,35)/t21?,22?,27-/m0/s1. The third kappa shape index (κ3) is 6.44. The Bertz CT molecular complexity index is 1250. The van der Waals surface area contributed by atoms with Crippen molar-refractivity contribution in [3.8, 4) is 17.6 Å². The van der Waals surface area contributed by atoms with Crippen molar-refractivity contribution in [3.05, 3.63) is 60.0 Å². The van der Waals surface area contributed by atoms with E-state index in [1.807, 2.05) is 48.1 Å². The summed E-state index contributed by atoms with van der Waals surface area (Å²) in [7, 11) is 3.57. The molecule has 2 aromatic heterocycles. The zero-order chi connectivity index (χ0) is 25.5. The van der Waals surface area contributed by atoms with Crippen LogP contribution >= 0.6 is 0 Å². The SMILES string of the molecule is COc1ccc2nccc([C@@H](F)CCC3CCN(CC#Cc4cccn4C)CC3CCC(=O)O)c2c1. The largest absolute Gasteiger partial charge is 0.497 e. The number of carbonyl (C=O) groups is 1. The van der Waals surface area contributed by atoms with E-state index >= 15 is 4.39 Å². The van der Waals surface area contributed by atoms with Gasteiger partial charge >= 0.3 is 5.97 Å². The molecule has 190 valence electrons. The summed E-state index contributed by atoms with van der Waals surface area (Å²) in [5, 5.41) is 10.0. The number of carboxylic acids is 1. The third-order valence-electron chi connectivity index (χ3n) is 7.28. The second kappa shape index (κ2) is 12.0. The third-order valence-corrected chi connectivity index (χ3v) is 7.28. The van der Waals surface area contributed by atoms with Crippen molar-refractivity contribution in [1.82, 2.24) is 14.5 Å². The van der Waals surface area contributed by atoms with Gasteiger partial charge in [-0.05, 0) is 91.9 Å². The maximum absolute atomic E-state index is 15.5. The van der Waals surface area contributed by atoms with Gasteiger partial charge in [-0.1, -0.05) is 5.92 Å². The van der Waals surface area contributed by atoms with Gasteiger partial charge < -0.3 is 14.4 Å². The van der Waals surface area contributed by atoms with Crippen LogP contribution in [0.15, 0.2) is 48.8 Å². The summed E-state index contributed by atoms with van der Waals surface area (Å²) in [6.45, 7) is 2.34. The molecule has 7 heteroatoms. The summed E-state index contributed by atoms with van der Waals surface area (Å²) in [5.41, 5.74) is 2.36. The predicted molar refractivity (Wildman–Crippen MR) is 139 cm³/mol. The summed E-state index contributed by atoms with van der Waals surface area (Å²) < 4.78 is 22.8. The number of rotatable bonds is 9. The fourth-order valence-corrected chi connectivity index (χ4v) is 5.21. The Labute approximate surface area is 212 Å². The zero-order valence-corrected chi connectivity index (χ0v) is 21.0. The minimum absolute atomic E-state index is 0.137. The number of hydrogen-bond acceptors (Lipinski definition) is 4. The molecule has 0 spiro atoms. The van der Waals surface area contributed by atoms with Crippen molar-refractivity contribution >= 4 is 16.9 Å². The van der Waals surface area contributed by atoms with E-state index in [1.54, 1.807) is 19.4 Å². The highest BCUT2D eigenvalue weighted by Gasteiger charge is 2.30. The molecule has 36 heavy (non-hydrogen) atoms. The van der Waals surface area contributed by atoms with Crippen LogP contribution in [0.25, 0.3) is 10.9 Å². The Balaban J connectivity index is 1.40. The maximum Gasteiger partial charge on any atom is 0.303 e. The number of fused-ring (bicyclic) bond motifs is 1. The fourth-order valence-electron chi connectivity index (χ4n) is 5.21. The summed E-state index contributed by atoms with van der Waals surface area (Å²) in [6, 6.07) is 11.2. The van der Waals surface area contributed by atoms with Gasteiger partial charge in [-0.3, -0.25) is 14.7 Å². The van der Waals surface area contributed by atoms with Gasteiger partial charge in [0.2, 0.25) is 0 Å². The van der Waals surface area contributed by atoms with Gasteiger partial charge in [0, 0.05) is 37.8 Å². The lowest BCUT2D eigenvalue weighted by Gasteiger charge is -2.38. The van der Waals surface area contributed by atoms with E-state index in [0.29, 0.717) is 36.6 Å². The molecule has 1 saturated heterocycles. The van der Waals surface area contributed by atoms with Crippen LogP contribution in [-0.4, -0.2) is 52.3 Å². The molecule has 0 saturated carbocycles. The van der Waals surface area contributed by atoms with Crippen LogP contribution in [0.3, 0.4) is 0 Å². The first-order valence-electron chi connectivity index (χ1n) is 12.6. The predicted octanol–water partition coefficient (Wildman–Crippen LogP) is 5.23. The molecule has 3 aromatic rings. The van der Waals surface area contributed by atoms with E-state index in [2.05, 4.69) is 21.7 Å². The highest BCUT2D eigenvalue weighted by molar-refractivity contribution is 5.83. The maximum atomic E-state index is 15.5. The highest BCUT2D eigenvalue weighted by atomic mass is 19.1. The number of alkyl halides is 1. The van der Waals surface area contributed by atoms with E-state index in [1.165, 1.54) is 0 Å². The lowest BCUT2D eigenvalue weighted by atomic mass is 9.79. The first-order valence-corrected chi connectivity index (χ1v) is 12.6. The van der Waals surface area contributed by atoms with Gasteiger partial charge in [-0.2, -0.15) is 0 Å². The molecule has 1 fully saturated rings. The van der Waals surface area contributed by atoms with E-state index in [0.717, 1.165) is 42.5 Å². The smallest absolute Gasteiger partial charge is 0.303 e. The molecule has 1 N–H and O–H groups in total. The molecule has 1 aromatic carbocycles. The van der Waals surface area contributed by atoms with Crippen LogP contribution in [0.2, 0.25) is 0 Å². The van der Waals surface area contributed by atoms with Gasteiger partial charge in [-0.15, -0.1) is 0 Å². The minimum atomic E-state index is -1.11. The molecular formula is C29H34FN3O3. The number of aliphatic carboxylic acids is 1. The van der Waals surface area contributed by atoms with Gasteiger partial charge in [0.05, 0.1) is 24.9 Å². The van der Waals surface area contributed by atoms with Crippen molar-refractivity contribution in [2.75, 3.05) is 26.7 Å². The number of aryl methyl sites for hydroxylation is 1. The molecule has 1 aliphatic rings. The van der Waals surface area contributed by atoms with Crippen LogP contribution < -0.4 is 4.74 Å². The molecular weight excluding hydrogens is 457 g/mol. The lowest BCUT2D eigenvalue weighted by Crippen LogP contribution is -2.41. The first-order chi connectivity index (χ1) is 17.4. The molecule has 0 aliphatic carbocycles. The lowest BCUT2D eigenvalue weighted by molar-refractivity contribution is -0.137. The number of benzene rings is 1. The molecule has 3 atom stereocenters. The van der Waals surface area contributed by atoms with Crippen molar-refractivity contribution in [2.45, 2.75) is 38.3 Å². The quantitative estimate of drug-likeness (QED) is 0.415. The number of carboxylic acid groups (broad SMARTS) is 1. The summed E-state index contributed by atoms with van der Waals surface area (Å²) >= 11 is 0. The van der Waals surface area contributed by atoms with Gasteiger partial charge in [0.1, 0.15) is 11.9 Å². The van der Waals surface area contributed by atoms with Crippen molar-refractivity contribution in [3.63, 3.8) is 0 Å². The van der Waals surface area contributed by atoms with Crippen LogP contribution in [0.4, 0.5) is 4.39 Å². The molecule has 2 unspecified atom stereocenters. The number of likely N-dealkylation sites (tertiary alicyclic amines) is 1. The first kappa shape index (κ1) is 25.7. The Hall–Kier alpha value is -3.37. The minimum Gasteiger partial charge on any atom is -0.497 e. The molecule has 1 aliphatic heterocycles. The normalized spacial score (nSPS) is 19.0. The Morgan fingerprint density at radius 2 is 2.14 bits per heavy atom. The number of piperidine rings is 1. The van der Waals surface area contributed by atoms with E-state index in [4.69, 9.17) is 4.74 Å². The number of aromatic nitrogens is 2. The van der Waals surface area contributed by atoms with Crippen molar-refractivity contribution in [2.24, 2.45) is 18.9 Å². The zero-order valence-electron chi connectivity index (χ0n) is 21.0. The van der Waals surface area contributed by atoms with Gasteiger partial charge in [-0.25, -0.2) is 4.39 Å². The summed E-state index contributed by atoms with van der Waals surface area (Å²) in [4.78, 5) is 17.9. The summed E-state index contributed by atoms with van der Waals surface area (Å²) in [6.07, 6.45) is 5.30.